The molecule has 0 fully saturated rings. The minimum absolute atomic E-state index is 0.219. The molecule has 3 N–H and O–H groups in total. The third-order valence-corrected chi connectivity index (χ3v) is 2.44. The highest BCUT2D eigenvalue weighted by molar-refractivity contribution is 6.03. The second-order valence-corrected chi connectivity index (χ2v) is 3.58. The molecule has 0 aliphatic carbocycles. The van der Waals surface area contributed by atoms with Gasteiger partial charge in [0.25, 0.3) is 5.91 Å². The van der Waals surface area contributed by atoms with Crippen LogP contribution in [0, 0.1) is 6.92 Å². The number of nitrogens with zero attached hydrogens (tertiary/aromatic N) is 1. The molecule has 0 atom stereocenters. The number of rotatable bonds is 3. The van der Waals surface area contributed by atoms with E-state index in [9.17, 15) is 4.79 Å². The topological polar surface area (TPSA) is 81.2 Å². The van der Waals surface area contributed by atoms with Crippen molar-refractivity contribution in [2.75, 3.05) is 5.32 Å². The molecule has 2 aromatic rings. The fraction of sp³-hybridized carbons (Fsp3) is 0.167. The maximum Gasteiger partial charge on any atom is 0.293 e. The van der Waals surface area contributed by atoms with Gasteiger partial charge in [-0.15, -0.1) is 0 Å². The Labute approximate surface area is 98.6 Å². The molecular weight excluding hydrogens is 218 g/mol. The van der Waals surface area contributed by atoms with Crippen molar-refractivity contribution in [3.05, 3.63) is 47.7 Å². The number of hydrogen-bond acceptors (Lipinski definition) is 4. The van der Waals surface area contributed by atoms with Crippen LogP contribution in [-0.2, 0) is 6.54 Å². The van der Waals surface area contributed by atoms with Crippen LogP contribution in [0.15, 0.2) is 35.1 Å². The lowest BCUT2D eigenvalue weighted by atomic mass is 10.1. The van der Waals surface area contributed by atoms with Gasteiger partial charge in [0.1, 0.15) is 0 Å². The van der Waals surface area contributed by atoms with Gasteiger partial charge in [-0.25, -0.2) is 4.98 Å². The first-order valence-electron chi connectivity index (χ1n) is 5.21. The van der Waals surface area contributed by atoms with Crippen molar-refractivity contribution in [2.24, 2.45) is 5.73 Å². The van der Waals surface area contributed by atoms with Crippen LogP contribution in [0.5, 0.6) is 0 Å². The van der Waals surface area contributed by atoms with Crippen LogP contribution >= 0.6 is 0 Å². The molecular formula is C12H13N3O2. The van der Waals surface area contributed by atoms with Crippen LogP contribution in [0.25, 0.3) is 0 Å². The number of nitrogens with two attached hydrogens (primary N) is 1. The van der Waals surface area contributed by atoms with Crippen LogP contribution in [0.3, 0.4) is 0 Å². The summed E-state index contributed by atoms with van der Waals surface area (Å²) in [6.07, 6.45) is 1.25. The highest BCUT2D eigenvalue weighted by Crippen LogP contribution is 2.16. The van der Waals surface area contributed by atoms with E-state index >= 15 is 0 Å². The zero-order chi connectivity index (χ0) is 12.3. The Bertz CT molecular complexity index is 534. The third kappa shape index (κ3) is 2.34. The van der Waals surface area contributed by atoms with Gasteiger partial charge >= 0.3 is 0 Å². The molecule has 88 valence electrons. The number of oxazole rings is 1. The first-order valence-corrected chi connectivity index (χ1v) is 5.21. The highest BCUT2D eigenvalue weighted by atomic mass is 16.3. The minimum Gasteiger partial charge on any atom is -0.438 e. The average molecular weight is 231 g/mol. The average Bonchev–Trinajstić information content (AvgIpc) is 2.76. The SMILES string of the molecule is Cc1ncoc1C(=O)Nc1ccccc1CN. The molecule has 1 amide bonds. The van der Waals surface area contributed by atoms with Crippen LogP contribution < -0.4 is 11.1 Å². The quantitative estimate of drug-likeness (QED) is 0.842. The number of carbonyl (C=O) groups is 1. The van der Waals surface area contributed by atoms with E-state index in [0.29, 0.717) is 17.9 Å². The predicted molar refractivity (Wildman–Crippen MR) is 63.5 cm³/mol. The van der Waals surface area contributed by atoms with E-state index in [1.807, 2.05) is 18.2 Å². The van der Waals surface area contributed by atoms with Gasteiger partial charge in [0, 0.05) is 12.2 Å². The fourth-order valence-electron chi connectivity index (χ4n) is 1.52. The van der Waals surface area contributed by atoms with E-state index in [-0.39, 0.29) is 11.7 Å². The van der Waals surface area contributed by atoms with E-state index in [4.69, 9.17) is 10.2 Å². The second-order valence-electron chi connectivity index (χ2n) is 3.58. The summed E-state index contributed by atoms with van der Waals surface area (Å²) in [4.78, 5) is 15.7. The van der Waals surface area contributed by atoms with Crippen molar-refractivity contribution in [1.82, 2.24) is 4.98 Å². The van der Waals surface area contributed by atoms with Crippen LogP contribution in [0.1, 0.15) is 21.8 Å². The number of nitrogens with one attached hydrogen (secondary N) is 1. The standard InChI is InChI=1S/C12H13N3O2/c1-8-11(17-7-14-8)12(16)15-10-5-3-2-4-9(10)6-13/h2-5,7H,6,13H2,1H3,(H,15,16). The van der Waals surface area contributed by atoms with Crippen molar-refractivity contribution in [2.45, 2.75) is 13.5 Å². The summed E-state index contributed by atoms with van der Waals surface area (Å²) < 4.78 is 5.02. The van der Waals surface area contributed by atoms with Gasteiger partial charge in [-0.1, -0.05) is 18.2 Å². The van der Waals surface area contributed by atoms with Crippen LogP contribution in [0.2, 0.25) is 0 Å². The van der Waals surface area contributed by atoms with Gasteiger partial charge in [-0.05, 0) is 18.6 Å². The van der Waals surface area contributed by atoms with Gasteiger partial charge in [0.2, 0.25) is 5.76 Å². The molecule has 5 heteroatoms. The van der Waals surface area contributed by atoms with Crippen LogP contribution in [-0.4, -0.2) is 10.9 Å². The monoisotopic (exact) mass is 231 g/mol. The Morgan fingerprint density at radius 3 is 2.88 bits per heavy atom. The number of aryl methyl sites for hydroxylation is 1. The predicted octanol–water partition coefficient (Wildman–Crippen LogP) is 1.69. The number of carbonyl (C=O) groups excluding carboxylic acids is 1. The molecule has 0 spiro atoms. The Hall–Kier alpha value is -2.14. The van der Waals surface area contributed by atoms with E-state index in [1.165, 1.54) is 6.39 Å². The highest BCUT2D eigenvalue weighted by Gasteiger charge is 2.14. The van der Waals surface area contributed by atoms with E-state index in [1.54, 1.807) is 13.0 Å². The van der Waals surface area contributed by atoms with Gasteiger partial charge in [-0.2, -0.15) is 0 Å². The largest absolute Gasteiger partial charge is 0.438 e. The molecule has 1 aromatic carbocycles. The van der Waals surface area contributed by atoms with Crippen LogP contribution in [0.4, 0.5) is 5.69 Å². The lowest BCUT2D eigenvalue weighted by Crippen LogP contribution is -2.14. The molecule has 0 radical (unpaired) electrons. The lowest BCUT2D eigenvalue weighted by Gasteiger charge is -2.08. The van der Waals surface area contributed by atoms with Crippen molar-refractivity contribution in [1.29, 1.82) is 0 Å². The second kappa shape index (κ2) is 4.80. The van der Waals surface area contributed by atoms with Gasteiger partial charge in [0.05, 0.1) is 5.69 Å². The molecule has 0 aliphatic heterocycles. The molecule has 0 saturated heterocycles. The smallest absolute Gasteiger partial charge is 0.293 e. The zero-order valence-corrected chi connectivity index (χ0v) is 9.43. The number of benzene rings is 1. The van der Waals surface area contributed by atoms with Gasteiger partial charge in [0.15, 0.2) is 6.39 Å². The summed E-state index contributed by atoms with van der Waals surface area (Å²) in [6.45, 7) is 2.08. The van der Waals surface area contributed by atoms with Gasteiger partial charge < -0.3 is 15.5 Å². The Morgan fingerprint density at radius 1 is 1.47 bits per heavy atom. The molecule has 17 heavy (non-hydrogen) atoms. The number of para-hydroxylation sites is 1. The van der Waals surface area contributed by atoms with Gasteiger partial charge in [-0.3, -0.25) is 4.79 Å². The molecule has 0 unspecified atom stereocenters. The maximum absolute atomic E-state index is 11.9. The third-order valence-electron chi connectivity index (χ3n) is 2.44. The summed E-state index contributed by atoms with van der Waals surface area (Å²) in [7, 11) is 0. The molecule has 5 nitrogen and oxygen atoms in total. The Balaban J connectivity index is 2.22. The van der Waals surface area contributed by atoms with Crippen molar-refractivity contribution >= 4 is 11.6 Å². The number of hydrogen-bond donors (Lipinski definition) is 2. The summed E-state index contributed by atoms with van der Waals surface area (Å²) >= 11 is 0. The lowest BCUT2D eigenvalue weighted by molar-refractivity contribution is 0.0996. The molecule has 0 bridgehead atoms. The zero-order valence-electron chi connectivity index (χ0n) is 9.43. The van der Waals surface area contributed by atoms with E-state index < -0.39 is 0 Å². The molecule has 0 saturated carbocycles. The summed E-state index contributed by atoms with van der Waals surface area (Å²) in [5, 5.41) is 2.75. The van der Waals surface area contributed by atoms with E-state index in [0.717, 1.165) is 5.56 Å². The molecule has 2 rings (SSSR count). The minimum atomic E-state index is -0.319. The normalized spacial score (nSPS) is 10.2. The number of amides is 1. The van der Waals surface area contributed by atoms with E-state index in [2.05, 4.69) is 10.3 Å². The summed E-state index contributed by atoms with van der Waals surface area (Å²) in [6, 6.07) is 7.37. The molecule has 1 aromatic heterocycles. The first-order chi connectivity index (χ1) is 8.22. The fourth-order valence-corrected chi connectivity index (χ4v) is 1.52. The number of anilines is 1. The molecule has 1 heterocycles. The number of aromatic nitrogens is 1. The Kier molecular flexibility index (Phi) is 3.20. The van der Waals surface area contributed by atoms with Crippen molar-refractivity contribution < 1.29 is 9.21 Å². The summed E-state index contributed by atoms with van der Waals surface area (Å²) in [5.41, 5.74) is 7.71. The Morgan fingerprint density at radius 2 is 2.24 bits per heavy atom. The molecule has 0 aliphatic rings. The first kappa shape index (κ1) is 11.3. The maximum atomic E-state index is 11.9. The van der Waals surface area contributed by atoms with Crippen molar-refractivity contribution in [3.63, 3.8) is 0 Å². The van der Waals surface area contributed by atoms with Crippen molar-refractivity contribution in [3.8, 4) is 0 Å². The summed E-state index contributed by atoms with van der Waals surface area (Å²) in [5.74, 6) is -0.0993.